The number of hydrogen-bond donors (Lipinski definition) is 5. The van der Waals surface area contributed by atoms with E-state index >= 15 is 0 Å². The van der Waals surface area contributed by atoms with Crippen molar-refractivity contribution in [3.05, 3.63) is 59.7 Å². The number of nitrogens with one attached hydrogen (secondary N) is 4. The Bertz CT molecular complexity index is 1650. The van der Waals surface area contributed by atoms with Gasteiger partial charge in [0, 0.05) is 26.5 Å². The molecule has 16 nitrogen and oxygen atoms in total. The molecule has 0 radical (unpaired) electrons. The van der Waals surface area contributed by atoms with Crippen LogP contribution in [-0.2, 0) is 54.2 Å². The van der Waals surface area contributed by atoms with Gasteiger partial charge in [0.1, 0.15) is 24.2 Å². The van der Waals surface area contributed by atoms with Crippen molar-refractivity contribution in [2.45, 2.75) is 110 Å². The fraction of sp³-hybridized carbons (Fsp3) is 0.595. The Labute approximate surface area is 341 Å². The number of aliphatic hydroxyl groups excluding tert-OH is 1. The summed E-state index contributed by atoms with van der Waals surface area (Å²) in [5.74, 6) is -8.37. The highest BCUT2D eigenvalue weighted by Crippen LogP contribution is 2.19. The van der Waals surface area contributed by atoms with Crippen LogP contribution in [0.2, 0.25) is 0 Å². The van der Waals surface area contributed by atoms with Gasteiger partial charge in [-0.1, -0.05) is 88.8 Å². The van der Waals surface area contributed by atoms with Gasteiger partial charge in [-0.25, -0.2) is 9.59 Å². The van der Waals surface area contributed by atoms with Crippen LogP contribution in [0.3, 0.4) is 0 Å². The number of methoxy groups -OCH3 is 3. The first kappa shape index (κ1) is 49.1. The number of amides is 5. The smallest absolute Gasteiger partial charge is 0.329 e. The average molecular weight is 814 g/mol. The molecule has 1 aromatic carbocycles. The van der Waals surface area contributed by atoms with Crippen molar-refractivity contribution >= 4 is 41.5 Å². The molecule has 322 valence electrons. The summed E-state index contributed by atoms with van der Waals surface area (Å²) in [6.07, 6.45) is 3.91. The number of rotatable bonds is 11. The molecular formula is C42H63N5O11. The third-order valence-corrected chi connectivity index (χ3v) is 10.4. The first-order valence-electron chi connectivity index (χ1n) is 19.5. The van der Waals surface area contributed by atoms with E-state index in [0.29, 0.717) is 6.42 Å². The highest BCUT2D eigenvalue weighted by molar-refractivity contribution is 5.96. The second kappa shape index (κ2) is 23.3. The van der Waals surface area contributed by atoms with Crippen LogP contribution in [0.15, 0.2) is 54.1 Å². The Balaban J connectivity index is 2.63. The number of carbonyl (C=O) groups is 7. The summed E-state index contributed by atoms with van der Waals surface area (Å²) in [6, 6.07) is 3.37. The summed E-state index contributed by atoms with van der Waals surface area (Å²) in [4.78, 5) is 95.4. The minimum Gasteiger partial charge on any atom is -0.467 e. The number of allylic oxidation sites excluding steroid dienone is 2. The predicted molar refractivity (Wildman–Crippen MR) is 215 cm³/mol. The van der Waals surface area contributed by atoms with E-state index in [1.54, 1.807) is 40.0 Å². The van der Waals surface area contributed by atoms with Gasteiger partial charge in [0.25, 0.3) is 0 Å². The van der Waals surface area contributed by atoms with Crippen LogP contribution in [0.25, 0.3) is 0 Å². The zero-order valence-electron chi connectivity index (χ0n) is 35.6. The van der Waals surface area contributed by atoms with Crippen LogP contribution >= 0.6 is 0 Å². The summed E-state index contributed by atoms with van der Waals surface area (Å²) in [6.45, 7) is 11.5. The molecule has 0 aliphatic carbocycles. The minimum atomic E-state index is -1.58. The van der Waals surface area contributed by atoms with E-state index in [1.807, 2.05) is 50.3 Å². The SMILES string of the molecule is COC(=O)[C@H]1CCC(=O)N(C)[C@H]([C@H](C)O)C(=O)N[C@@H](C(=O)OC)[C@H](C)C(=O)N[C@@H](C(C)C)C(=O)N[C@@H](/C=C/C(C)=C/[C@H](C)[C@H](Cc2ccccc2)OC)[C@H](C)C(=O)N1. The van der Waals surface area contributed by atoms with Crippen LogP contribution in [0.1, 0.15) is 66.9 Å². The van der Waals surface area contributed by atoms with Crippen molar-refractivity contribution in [3.63, 3.8) is 0 Å². The van der Waals surface area contributed by atoms with E-state index in [-0.39, 0.29) is 24.9 Å². The van der Waals surface area contributed by atoms with Crippen LogP contribution in [0.4, 0.5) is 0 Å². The molecule has 0 spiro atoms. The van der Waals surface area contributed by atoms with Gasteiger partial charge in [-0.2, -0.15) is 0 Å². The molecular weight excluding hydrogens is 750 g/mol. The van der Waals surface area contributed by atoms with Gasteiger partial charge >= 0.3 is 11.9 Å². The van der Waals surface area contributed by atoms with E-state index in [1.165, 1.54) is 20.9 Å². The Hall–Kier alpha value is -5.09. The van der Waals surface area contributed by atoms with E-state index in [0.717, 1.165) is 30.3 Å². The summed E-state index contributed by atoms with van der Waals surface area (Å²) in [7, 11) is 5.11. The molecule has 1 aromatic rings. The maximum Gasteiger partial charge on any atom is 0.329 e. The van der Waals surface area contributed by atoms with Crippen molar-refractivity contribution in [2.24, 2.45) is 23.7 Å². The molecule has 0 saturated carbocycles. The Morgan fingerprint density at radius 1 is 0.845 bits per heavy atom. The zero-order valence-corrected chi connectivity index (χ0v) is 35.6. The lowest BCUT2D eigenvalue weighted by atomic mass is 9.94. The van der Waals surface area contributed by atoms with Crippen LogP contribution < -0.4 is 21.3 Å². The van der Waals surface area contributed by atoms with Gasteiger partial charge in [-0.3, -0.25) is 24.0 Å². The van der Waals surface area contributed by atoms with E-state index in [4.69, 9.17) is 14.2 Å². The molecule has 0 aromatic heterocycles. The Kier molecular flexibility index (Phi) is 19.7. The van der Waals surface area contributed by atoms with Gasteiger partial charge in [0.05, 0.1) is 44.3 Å². The number of carbonyl (C=O) groups excluding carboxylic acids is 7. The number of aliphatic hydroxyl groups is 1. The number of nitrogens with zero attached hydrogens (tertiary/aromatic N) is 1. The molecule has 2 rings (SSSR count). The lowest BCUT2D eigenvalue weighted by molar-refractivity contribution is -0.151. The number of hydrogen-bond acceptors (Lipinski definition) is 11. The predicted octanol–water partition coefficient (Wildman–Crippen LogP) is 1.60. The third kappa shape index (κ3) is 14.1. The normalized spacial score (nSPS) is 26.6. The summed E-state index contributed by atoms with van der Waals surface area (Å²) in [5, 5.41) is 21.2. The highest BCUT2D eigenvalue weighted by Gasteiger charge is 2.40. The van der Waals surface area contributed by atoms with Crippen molar-refractivity contribution in [2.75, 3.05) is 28.4 Å². The molecule has 1 saturated heterocycles. The van der Waals surface area contributed by atoms with Crippen molar-refractivity contribution in [3.8, 4) is 0 Å². The van der Waals surface area contributed by atoms with Crippen molar-refractivity contribution in [1.29, 1.82) is 0 Å². The molecule has 1 aliphatic heterocycles. The highest BCUT2D eigenvalue weighted by atomic mass is 16.5. The molecule has 10 atom stereocenters. The molecule has 16 heteroatoms. The van der Waals surface area contributed by atoms with Crippen LogP contribution in [0, 0.1) is 23.7 Å². The summed E-state index contributed by atoms with van der Waals surface area (Å²) < 4.78 is 15.6. The van der Waals surface area contributed by atoms with Gasteiger partial charge in [0.2, 0.25) is 29.5 Å². The zero-order chi connectivity index (χ0) is 43.9. The van der Waals surface area contributed by atoms with Gasteiger partial charge in [-0.05, 0) is 38.2 Å². The Morgan fingerprint density at radius 2 is 1.45 bits per heavy atom. The standard InChI is InChI=1S/C42H63N5O11/c1-23(2)34-39(52)43-30(18-17-24(3)21-25(4)32(56-9)22-29-15-13-12-14-16-29)26(5)37(50)44-31(41(54)57-10)19-20-33(49)47(8)36(28(7)48)40(53)46-35(42(55)58-11)27(6)38(51)45-34/h12-18,21,23,25-28,30-32,34-36,48H,19-20,22H2,1-11H3,(H,43,52)(H,44,50)(H,45,51)(H,46,53)/b18-17+,24-21+/t25-,26-,27-,28-,30-,31+,32-,34-,35+,36+/m0/s1. The fourth-order valence-corrected chi connectivity index (χ4v) is 6.66. The van der Waals surface area contributed by atoms with E-state index in [9.17, 15) is 38.7 Å². The first-order chi connectivity index (χ1) is 27.3. The second-order valence-electron chi connectivity index (χ2n) is 15.3. The van der Waals surface area contributed by atoms with Gasteiger partial charge in [0.15, 0.2) is 0 Å². The molecule has 5 N–H and O–H groups in total. The third-order valence-electron chi connectivity index (χ3n) is 10.4. The molecule has 1 aliphatic rings. The van der Waals surface area contributed by atoms with Crippen molar-refractivity contribution < 1.29 is 52.9 Å². The maximum absolute atomic E-state index is 14.0. The van der Waals surface area contributed by atoms with Gasteiger partial charge < -0.3 is 45.5 Å². The summed E-state index contributed by atoms with van der Waals surface area (Å²) in [5.41, 5.74) is 1.93. The maximum atomic E-state index is 14.0. The quantitative estimate of drug-likeness (QED) is 0.160. The lowest BCUT2D eigenvalue weighted by Crippen LogP contribution is -2.60. The number of likely N-dealkylation sites (N-methyl/N-ethyl adjacent to an activating group) is 1. The molecule has 1 heterocycles. The minimum absolute atomic E-state index is 0.0285. The second-order valence-corrected chi connectivity index (χ2v) is 15.3. The monoisotopic (exact) mass is 813 g/mol. The first-order valence-corrected chi connectivity index (χ1v) is 19.5. The molecule has 5 amide bonds. The largest absolute Gasteiger partial charge is 0.467 e. The molecule has 58 heavy (non-hydrogen) atoms. The van der Waals surface area contributed by atoms with Crippen LogP contribution in [-0.4, -0.2) is 122 Å². The lowest BCUT2D eigenvalue weighted by Gasteiger charge is -2.32. The van der Waals surface area contributed by atoms with Crippen molar-refractivity contribution in [1.82, 2.24) is 26.2 Å². The Morgan fingerprint density at radius 3 is 2.00 bits per heavy atom. The van der Waals surface area contributed by atoms with E-state index < -0.39 is 95.5 Å². The summed E-state index contributed by atoms with van der Waals surface area (Å²) >= 11 is 0. The molecule has 0 bridgehead atoms. The number of benzene rings is 1. The van der Waals surface area contributed by atoms with E-state index in [2.05, 4.69) is 21.3 Å². The molecule has 0 unspecified atom stereocenters. The van der Waals surface area contributed by atoms with Gasteiger partial charge in [-0.15, -0.1) is 0 Å². The topological polar surface area (TPSA) is 219 Å². The average Bonchev–Trinajstić information content (AvgIpc) is 3.19. The number of ether oxygens (including phenoxy) is 3. The van der Waals surface area contributed by atoms with Crippen LogP contribution in [0.5, 0.6) is 0 Å². The molecule has 1 fully saturated rings. The fourth-order valence-electron chi connectivity index (χ4n) is 6.66. The number of esters is 2.